The van der Waals surface area contributed by atoms with E-state index in [4.69, 9.17) is 9.84 Å². The number of unbranched alkanes of at least 4 members (excludes halogenated alkanes) is 16. The van der Waals surface area contributed by atoms with Crippen molar-refractivity contribution < 1.29 is 32.5 Å². The van der Waals surface area contributed by atoms with Crippen LogP contribution in [0.4, 0.5) is 0 Å². The summed E-state index contributed by atoms with van der Waals surface area (Å²) in [5.41, 5.74) is 0.945. The summed E-state index contributed by atoms with van der Waals surface area (Å²) >= 11 is 0. The highest BCUT2D eigenvalue weighted by Crippen LogP contribution is 2.14. The lowest BCUT2D eigenvalue weighted by Gasteiger charge is -2.16. The van der Waals surface area contributed by atoms with Crippen molar-refractivity contribution in [2.45, 2.75) is 154 Å². The van der Waals surface area contributed by atoms with E-state index in [2.05, 4.69) is 18.6 Å². The number of ether oxygens (including phenoxy) is 1. The van der Waals surface area contributed by atoms with Gasteiger partial charge in [0.25, 0.3) is 0 Å². The second-order valence-corrected chi connectivity index (χ2v) is 14.6. The van der Waals surface area contributed by atoms with Crippen molar-refractivity contribution in [1.29, 1.82) is 0 Å². The van der Waals surface area contributed by atoms with Gasteiger partial charge >= 0.3 is 7.68 Å². The second-order valence-electron chi connectivity index (χ2n) is 11.5. The number of rotatable bonds is 28. The molecule has 3 N–H and O–H groups in total. The second kappa shape index (κ2) is 29.6. The van der Waals surface area contributed by atoms with Gasteiger partial charge in [-0.3, -0.25) is 0 Å². The molecular weight excluding hydrogens is 585 g/mol. The first kappa shape index (κ1) is 41.9. The number of nitrogens with one attached hydrogen (secondary N) is 1. The Morgan fingerprint density at radius 3 is 1.67 bits per heavy atom. The zero-order valence-corrected chi connectivity index (χ0v) is 28.8. The van der Waals surface area contributed by atoms with Gasteiger partial charge in [-0.15, -0.1) is 0 Å². The molecule has 0 fully saturated rings. The first-order valence-electron chi connectivity index (χ1n) is 16.8. The van der Waals surface area contributed by atoms with Crippen LogP contribution in [0.15, 0.2) is 30.3 Å². The maximum atomic E-state index is 12.2. The van der Waals surface area contributed by atoms with E-state index in [-0.39, 0.29) is 25.0 Å². The Bertz CT molecular complexity index is 905. The molecule has 0 spiro atoms. The summed E-state index contributed by atoms with van der Waals surface area (Å²) in [7, 11) is -6.07. The van der Waals surface area contributed by atoms with Gasteiger partial charge in [0.05, 0.1) is 25.6 Å². The fraction of sp³-hybridized carbons (Fsp3) is 0.818. The third-order valence-corrected chi connectivity index (χ3v) is 9.52. The lowest BCUT2D eigenvalue weighted by molar-refractivity contribution is 0.0626. The van der Waals surface area contributed by atoms with Crippen LogP contribution in [0.2, 0.25) is 0 Å². The van der Waals surface area contributed by atoms with Gasteiger partial charge in [0.15, 0.2) is 5.85 Å². The third kappa shape index (κ3) is 28.1. The lowest BCUT2D eigenvalue weighted by Crippen LogP contribution is -2.38. The molecule has 43 heavy (non-hydrogen) atoms. The summed E-state index contributed by atoms with van der Waals surface area (Å²) in [4.78, 5) is 0. The first-order chi connectivity index (χ1) is 20.8. The Hall–Kier alpha value is -1.09. The molecule has 0 aliphatic rings. The number of hydrogen-bond acceptors (Lipinski definition) is 7. The zero-order chi connectivity index (χ0) is 32.0. The highest BCUT2D eigenvalue weighted by atomic mass is 32.2. The van der Waals surface area contributed by atoms with Crippen LogP contribution >= 0.6 is 7.68 Å². The molecule has 0 bridgehead atoms. The first-order valence-corrected chi connectivity index (χ1v) is 19.7. The summed E-state index contributed by atoms with van der Waals surface area (Å²) in [5, 5.41) is 18.3. The monoisotopic (exact) mass is 647 g/mol. The Labute approximate surface area is 263 Å². The predicted octanol–water partition coefficient (Wildman–Crippen LogP) is 8.41. The van der Waals surface area contributed by atoms with Crippen molar-refractivity contribution >= 4 is 17.7 Å². The van der Waals surface area contributed by atoms with Crippen molar-refractivity contribution in [3.63, 3.8) is 0 Å². The lowest BCUT2D eigenvalue weighted by atomic mass is 10.0. The summed E-state index contributed by atoms with van der Waals surface area (Å²) in [6.07, 6.45) is 22.9. The minimum atomic E-state index is -3.26. The van der Waals surface area contributed by atoms with Crippen LogP contribution in [0, 0.1) is 0 Å². The Balaban J connectivity index is 0.00000104. The standard InChI is InChI=1S/C24H51NO3S.C9H11O4P/c1-3-5-7-9-10-11-12-13-14-15-16-17-18-20-22-29(27,28)25-24(23-26)21-19-8-6-4-2;10-9(14(11)12)7-13-6-8-4-2-1-3-5-8/h24-26H,3-23H2,1-2H3;1-5,9-10H,6-7H2. The quantitative estimate of drug-likeness (QED) is 0.0615. The molecule has 0 amide bonds. The normalized spacial score (nSPS) is 12.8. The summed E-state index contributed by atoms with van der Waals surface area (Å²) < 4.78 is 52.6. The number of sulfonamides is 1. The molecular formula is C33H62NO7PS. The maximum absolute atomic E-state index is 12.2. The number of aliphatic hydroxyl groups excluding tert-OH is 2. The number of benzene rings is 1. The molecule has 0 radical (unpaired) electrons. The van der Waals surface area contributed by atoms with Crippen molar-refractivity contribution in [1.82, 2.24) is 4.72 Å². The smallest absolute Gasteiger partial charge is 0.347 e. The van der Waals surface area contributed by atoms with Gasteiger partial charge in [-0.05, 0) is 18.4 Å². The van der Waals surface area contributed by atoms with Crippen LogP contribution in [-0.2, 0) is 30.5 Å². The Kier molecular flexibility index (Phi) is 28.9. The highest BCUT2D eigenvalue weighted by Gasteiger charge is 2.16. The van der Waals surface area contributed by atoms with Crippen LogP contribution in [0.25, 0.3) is 0 Å². The molecule has 2 atom stereocenters. The van der Waals surface area contributed by atoms with Gasteiger partial charge in [-0.1, -0.05) is 153 Å². The molecule has 8 nitrogen and oxygen atoms in total. The molecule has 2 unspecified atom stereocenters. The molecule has 1 aromatic rings. The van der Waals surface area contributed by atoms with E-state index in [0.717, 1.165) is 50.5 Å². The van der Waals surface area contributed by atoms with Crippen LogP contribution < -0.4 is 4.72 Å². The van der Waals surface area contributed by atoms with Crippen molar-refractivity contribution in [3.05, 3.63) is 35.9 Å². The highest BCUT2D eigenvalue weighted by molar-refractivity contribution is 7.89. The maximum Gasteiger partial charge on any atom is 0.347 e. The van der Waals surface area contributed by atoms with E-state index in [1.807, 2.05) is 30.3 Å². The van der Waals surface area contributed by atoms with Crippen LogP contribution in [0.3, 0.4) is 0 Å². The van der Waals surface area contributed by atoms with Gasteiger partial charge in [-0.2, -0.15) is 0 Å². The van der Waals surface area contributed by atoms with Crippen LogP contribution in [0.1, 0.15) is 141 Å². The Morgan fingerprint density at radius 2 is 1.21 bits per heavy atom. The zero-order valence-electron chi connectivity index (χ0n) is 27.1. The fourth-order valence-corrected chi connectivity index (χ4v) is 6.35. The van der Waals surface area contributed by atoms with E-state index in [1.54, 1.807) is 0 Å². The molecule has 1 aromatic carbocycles. The van der Waals surface area contributed by atoms with Crippen LogP contribution in [-0.4, -0.2) is 49.5 Å². The average Bonchev–Trinajstić information content (AvgIpc) is 2.99. The average molecular weight is 648 g/mol. The molecule has 0 aromatic heterocycles. The summed E-state index contributed by atoms with van der Waals surface area (Å²) in [6.45, 7) is 4.43. The van der Waals surface area contributed by atoms with Crippen LogP contribution in [0.5, 0.6) is 0 Å². The van der Waals surface area contributed by atoms with Gasteiger partial charge in [-0.25, -0.2) is 22.3 Å². The van der Waals surface area contributed by atoms with Gasteiger partial charge in [0.1, 0.15) is 0 Å². The van der Waals surface area contributed by atoms with E-state index >= 15 is 0 Å². The SMILES string of the molecule is CCCCCCCCCCCCCCCCS(=O)(=O)NC(CO)CCCCCC.O=P(=O)C(O)COCc1ccccc1. The molecule has 0 heterocycles. The molecule has 10 heteroatoms. The van der Waals surface area contributed by atoms with Crippen molar-refractivity contribution in [3.8, 4) is 0 Å². The summed E-state index contributed by atoms with van der Waals surface area (Å²) in [5.74, 6) is -1.22. The molecule has 252 valence electrons. The molecule has 0 aliphatic heterocycles. The van der Waals surface area contributed by atoms with E-state index in [1.165, 1.54) is 77.0 Å². The van der Waals surface area contributed by atoms with E-state index in [9.17, 15) is 22.7 Å². The number of hydrogen-bond donors (Lipinski definition) is 3. The van der Waals surface area contributed by atoms with Gasteiger partial charge in [0.2, 0.25) is 10.0 Å². The fourth-order valence-electron chi connectivity index (χ4n) is 4.72. The van der Waals surface area contributed by atoms with Gasteiger partial charge in [0, 0.05) is 6.04 Å². The topological polar surface area (TPSA) is 130 Å². The minimum Gasteiger partial charge on any atom is -0.395 e. The minimum absolute atomic E-state index is 0.107. The third-order valence-electron chi connectivity index (χ3n) is 7.36. The summed E-state index contributed by atoms with van der Waals surface area (Å²) in [6, 6.07) is 9.02. The number of aliphatic hydroxyl groups is 2. The van der Waals surface area contributed by atoms with E-state index < -0.39 is 23.5 Å². The molecule has 0 saturated carbocycles. The van der Waals surface area contributed by atoms with E-state index in [0.29, 0.717) is 6.61 Å². The molecule has 1 rings (SSSR count). The molecule has 0 saturated heterocycles. The largest absolute Gasteiger partial charge is 0.395 e. The van der Waals surface area contributed by atoms with Gasteiger partial charge < -0.3 is 14.9 Å². The van der Waals surface area contributed by atoms with Crippen molar-refractivity contribution in [2.75, 3.05) is 19.0 Å². The molecule has 0 aliphatic carbocycles. The Morgan fingerprint density at radius 1 is 0.744 bits per heavy atom. The predicted molar refractivity (Wildman–Crippen MR) is 177 cm³/mol. The van der Waals surface area contributed by atoms with Crippen molar-refractivity contribution in [2.24, 2.45) is 0 Å².